The monoisotopic (exact) mass is 400 g/mol. The van der Waals surface area contributed by atoms with Crippen molar-refractivity contribution in [3.63, 3.8) is 0 Å². The number of anilines is 2. The molecule has 3 nitrogen and oxygen atoms in total. The molecule has 0 heterocycles. The first-order valence-corrected chi connectivity index (χ1v) is 7.29. The van der Waals surface area contributed by atoms with Crippen LogP contribution in [0, 0.1) is 12.7 Å². The first kappa shape index (κ1) is 15.0. The minimum Gasteiger partial charge on any atom is -0.398 e. The van der Waals surface area contributed by atoms with Crippen LogP contribution in [-0.4, -0.2) is 5.91 Å². The lowest BCUT2D eigenvalue weighted by Gasteiger charge is -2.10. The van der Waals surface area contributed by atoms with Gasteiger partial charge in [0, 0.05) is 21.4 Å². The highest BCUT2D eigenvalue weighted by Gasteiger charge is 2.11. The van der Waals surface area contributed by atoms with E-state index in [9.17, 15) is 9.18 Å². The summed E-state index contributed by atoms with van der Waals surface area (Å²) in [6.45, 7) is 1.73. The second kappa shape index (κ2) is 5.93. The number of halogens is 3. The van der Waals surface area contributed by atoms with Crippen LogP contribution in [0.5, 0.6) is 0 Å². The Morgan fingerprint density at radius 1 is 1.20 bits per heavy atom. The first-order chi connectivity index (χ1) is 9.38. The van der Waals surface area contributed by atoms with E-state index >= 15 is 0 Å². The SMILES string of the molecule is Cc1cc(F)c(Br)cc1NC(=O)c1ccc(N)c(Br)c1. The summed E-state index contributed by atoms with van der Waals surface area (Å²) in [6, 6.07) is 7.81. The van der Waals surface area contributed by atoms with Gasteiger partial charge in [-0.2, -0.15) is 0 Å². The molecule has 0 bridgehead atoms. The van der Waals surface area contributed by atoms with Crippen LogP contribution < -0.4 is 11.1 Å². The molecule has 6 heteroatoms. The third kappa shape index (κ3) is 3.19. The largest absolute Gasteiger partial charge is 0.398 e. The van der Waals surface area contributed by atoms with Crippen LogP contribution in [0.25, 0.3) is 0 Å². The minimum absolute atomic E-state index is 0.285. The fourth-order valence-electron chi connectivity index (χ4n) is 1.64. The third-order valence-corrected chi connectivity index (χ3v) is 4.07. The number of nitrogens with one attached hydrogen (secondary N) is 1. The second-order valence-electron chi connectivity index (χ2n) is 4.27. The van der Waals surface area contributed by atoms with Gasteiger partial charge in [0.25, 0.3) is 5.91 Å². The maximum atomic E-state index is 13.3. The Labute approximate surface area is 132 Å². The van der Waals surface area contributed by atoms with E-state index in [4.69, 9.17) is 5.73 Å². The van der Waals surface area contributed by atoms with Gasteiger partial charge < -0.3 is 11.1 Å². The van der Waals surface area contributed by atoms with Gasteiger partial charge in [0.1, 0.15) is 5.82 Å². The van der Waals surface area contributed by atoms with E-state index in [1.165, 1.54) is 12.1 Å². The molecule has 2 aromatic carbocycles. The Bertz CT molecular complexity index is 689. The van der Waals surface area contributed by atoms with E-state index in [2.05, 4.69) is 37.2 Å². The van der Waals surface area contributed by atoms with Crippen molar-refractivity contribution in [1.29, 1.82) is 0 Å². The third-order valence-electron chi connectivity index (χ3n) is 2.78. The standard InChI is InChI=1S/C14H11Br2FN2O/c1-7-4-11(17)9(15)6-13(7)19-14(20)8-2-3-12(18)10(16)5-8/h2-6H,18H2,1H3,(H,19,20). The Morgan fingerprint density at radius 2 is 1.90 bits per heavy atom. The van der Waals surface area contributed by atoms with Crippen molar-refractivity contribution in [1.82, 2.24) is 0 Å². The summed E-state index contributed by atoms with van der Waals surface area (Å²) in [6.07, 6.45) is 0. The Hall–Kier alpha value is -1.40. The number of benzene rings is 2. The number of amides is 1. The summed E-state index contributed by atoms with van der Waals surface area (Å²) in [5.74, 6) is -0.650. The van der Waals surface area contributed by atoms with Crippen LogP contribution in [0.3, 0.4) is 0 Å². The van der Waals surface area contributed by atoms with Crippen LogP contribution in [-0.2, 0) is 0 Å². The molecule has 0 aliphatic carbocycles. The molecule has 104 valence electrons. The molecule has 2 rings (SSSR count). The zero-order valence-electron chi connectivity index (χ0n) is 10.5. The van der Waals surface area contributed by atoms with Gasteiger partial charge in [-0.05, 0) is 74.7 Å². The Morgan fingerprint density at radius 3 is 2.55 bits per heavy atom. The lowest BCUT2D eigenvalue weighted by Crippen LogP contribution is -2.13. The van der Waals surface area contributed by atoms with Crippen molar-refractivity contribution in [2.75, 3.05) is 11.1 Å². The van der Waals surface area contributed by atoms with Gasteiger partial charge in [-0.1, -0.05) is 0 Å². The fraction of sp³-hybridized carbons (Fsp3) is 0.0714. The van der Waals surface area contributed by atoms with Crippen molar-refractivity contribution in [2.24, 2.45) is 0 Å². The molecule has 0 fully saturated rings. The van der Waals surface area contributed by atoms with E-state index in [0.717, 1.165) is 0 Å². The van der Waals surface area contributed by atoms with Crippen molar-refractivity contribution >= 4 is 49.1 Å². The van der Waals surface area contributed by atoms with Crippen molar-refractivity contribution in [3.05, 3.63) is 56.2 Å². The van der Waals surface area contributed by atoms with Gasteiger partial charge in [0.15, 0.2) is 0 Å². The van der Waals surface area contributed by atoms with E-state index < -0.39 is 0 Å². The molecule has 0 atom stereocenters. The maximum Gasteiger partial charge on any atom is 0.255 e. The predicted octanol–water partition coefficient (Wildman–Crippen LogP) is 4.49. The van der Waals surface area contributed by atoms with E-state index in [-0.39, 0.29) is 11.7 Å². The normalized spacial score (nSPS) is 10.4. The van der Waals surface area contributed by atoms with Gasteiger partial charge in [0.2, 0.25) is 0 Å². The van der Waals surface area contributed by atoms with Gasteiger partial charge in [0.05, 0.1) is 4.47 Å². The number of hydrogen-bond donors (Lipinski definition) is 2. The average Bonchev–Trinajstić information content (AvgIpc) is 2.39. The molecular weight excluding hydrogens is 391 g/mol. The summed E-state index contributed by atoms with van der Waals surface area (Å²) in [7, 11) is 0. The summed E-state index contributed by atoms with van der Waals surface area (Å²) in [4.78, 5) is 12.1. The topological polar surface area (TPSA) is 55.1 Å². The number of hydrogen-bond acceptors (Lipinski definition) is 2. The van der Waals surface area contributed by atoms with Crippen molar-refractivity contribution < 1.29 is 9.18 Å². The van der Waals surface area contributed by atoms with Gasteiger partial charge in [-0.25, -0.2) is 4.39 Å². The number of nitrogen functional groups attached to an aromatic ring is 1. The molecule has 0 unspecified atom stereocenters. The summed E-state index contributed by atoms with van der Waals surface area (Å²) >= 11 is 6.37. The molecule has 0 aromatic heterocycles. The lowest BCUT2D eigenvalue weighted by atomic mass is 10.1. The molecule has 3 N–H and O–H groups in total. The highest BCUT2D eigenvalue weighted by Crippen LogP contribution is 2.25. The Kier molecular flexibility index (Phi) is 4.45. The smallest absolute Gasteiger partial charge is 0.255 e. The van der Waals surface area contributed by atoms with Crippen molar-refractivity contribution in [3.8, 4) is 0 Å². The number of nitrogens with two attached hydrogens (primary N) is 1. The van der Waals surface area contributed by atoms with Gasteiger partial charge >= 0.3 is 0 Å². The maximum absolute atomic E-state index is 13.3. The predicted molar refractivity (Wildman–Crippen MR) is 85.3 cm³/mol. The Balaban J connectivity index is 2.27. The molecule has 0 saturated heterocycles. The molecule has 1 amide bonds. The molecule has 0 spiro atoms. The van der Waals surface area contributed by atoms with E-state index in [0.29, 0.717) is 31.4 Å². The molecular formula is C14H11Br2FN2O. The molecule has 0 aliphatic heterocycles. The molecule has 2 aromatic rings. The van der Waals surface area contributed by atoms with Crippen molar-refractivity contribution in [2.45, 2.75) is 6.92 Å². The highest BCUT2D eigenvalue weighted by molar-refractivity contribution is 9.10. The quantitative estimate of drug-likeness (QED) is 0.728. The number of rotatable bonds is 2. The van der Waals surface area contributed by atoms with Crippen LogP contribution in [0.15, 0.2) is 39.3 Å². The first-order valence-electron chi connectivity index (χ1n) is 5.70. The van der Waals surface area contributed by atoms with Crippen LogP contribution >= 0.6 is 31.9 Å². The molecule has 0 radical (unpaired) electrons. The minimum atomic E-state index is -0.365. The molecule has 0 aliphatic rings. The van der Waals surface area contributed by atoms with Gasteiger partial charge in [-0.15, -0.1) is 0 Å². The fourth-order valence-corrected chi connectivity index (χ4v) is 2.37. The number of aryl methyl sites for hydroxylation is 1. The van der Waals surface area contributed by atoms with E-state index in [1.54, 1.807) is 25.1 Å². The molecule has 0 saturated carbocycles. The van der Waals surface area contributed by atoms with Crippen LogP contribution in [0.1, 0.15) is 15.9 Å². The number of carbonyl (C=O) groups is 1. The summed E-state index contributed by atoms with van der Waals surface area (Å²) in [5, 5.41) is 2.74. The average molecular weight is 402 g/mol. The summed E-state index contributed by atoms with van der Waals surface area (Å²) < 4.78 is 14.3. The lowest BCUT2D eigenvalue weighted by molar-refractivity contribution is 0.102. The number of carbonyl (C=O) groups excluding carboxylic acids is 1. The highest BCUT2D eigenvalue weighted by atomic mass is 79.9. The second-order valence-corrected chi connectivity index (χ2v) is 5.98. The van der Waals surface area contributed by atoms with E-state index in [1.807, 2.05) is 0 Å². The zero-order valence-corrected chi connectivity index (χ0v) is 13.7. The summed E-state index contributed by atoms with van der Waals surface area (Å²) in [5.41, 5.74) is 7.90. The van der Waals surface area contributed by atoms with Gasteiger partial charge in [-0.3, -0.25) is 4.79 Å². The van der Waals surface area contributed by atoms with Crippen LogP contribution in [0.2, 0.25) is 0 Å². The molecule has 20 heavy (non-hydrogen) atoms. The van der Waals surface area contributed by atoms with Crippen LogP contribution in [0.4, 0.5) is 15.8 Å². The zero-order chi connectivity index (χ0) is 14.9.